The van der Waals surface area contributed by atoms with Crippen molar-refractivity contribution in [3.63, 3.8) is 0 Å². The lowest BCUT2D eigenvalue weighted by molar-refractivity contribution is 0.0218. The van der Waals surface area contributed by atoms with E-state index >= 15 is 0 Å². The maximum atomic E-state index is 13.2. The molecule has 2 aromatic carbocycles. The Morgan fingerprint density at radius 2 is 1.75 bits per heavy atom. The van der Waals surface area contributed by atoms with Crippen LogP contribution in [0.1, 0.15) is 46.6 Å². The molecule has 3 aliphatic rings. The van der Waals surface area contributed by atoms with Gasteiger partial charge in [-0.05, 0) is 46.0 Å². The Kier molecular flexibility index (Phi) is 5.37. The fourth-order valence-corrected chi connectivity index (χ4v) is 5.67. The zero-order valence-electron chi connectivity index (χ0n) is 21.2. The fourth-order valence-electron chi connectivity index (χ4n) is 5.67. The highest BCUT2D eigenvalue weighted by Crippen LogP contribution is 2.57. The van der Waals surface area contributed by atoms with Gasteiger partial charge in [-0.3, -0.25) is 0 Å². The number of anilines is 2. The quantitative estimate of drug-likeness (QED) is 0.515. The van der Waals surface area contributed by atoms with Crippen LogP contribution < -0.4 is 14.5 Å². The molecule has 0 amide bonds. The highest BCUT2D eigenvalue weighted by molar-refractivity contribution is 5.97. The Labute approximate surface area is 211 Å². The molecular weight excluding hydrogens is 454 g/mol. The van der Waals surface area contributed by atoms with E-state index in [0.717, 1.165) is 61.8 Å². The first-order valence-corrected chi connectivity index (χ1v) is 12.7. The van der Waals surface area contributed by atoms with Gasteiger partial charge in [0.05, 0.1) is 16.8 Å². The van der Waals surface area contributed by atoms with Gasteiger partial charge in [0, 0.05) is 62.1 Å². The number of ether oxygens (including phenoxy) is 2. The summed E-state index contributed by atoms with van der Waals surface area (Å²) in [5.74, 6) is 1.40. The van der Waals surface area contributed by atoms with Gasteiger partial charge in [0.25, 0.3) is 0 Å². The Bertz CT molecular complexity index is 1350. The predicted octanol–water partition coefficient (Wildman–Crippen LogP) is 3.95. The van der Waals surface area contributed by atoms with Crippen molar-refractivity contribution in [3.05, 3.63) is 70.4 Å². The van der Waals surface area contributed by atoms with Gasteiger partial charge in [0.15, 0.2) is 5.60 Å². The molecule has 0 N–H and O–H groups in total. The second-order valence-electron chi connectivity index (χ2n) is 9.65. The number of likely N-dealkylation sites (N-methyl/N-ethyl adjacent to an activating group) is 1. The van der Waals surface area contributed by atoms with Crippen LogP contribution in [0.25, 0.3) is 0 Å². The first-order chi connectivity index (χ1) is 17.5. The number of carbonyl (C=O) groups excluding carboxylic acids is 1. The fraction of sp³-hybridized carbons (Fsp3) is 0.393. The van der Waals surface area contributed by atoms with Crippen LogP contribution in [-0.4, -0.2) is 67.2 Å². The molecule has 3 aromatic rings. The Morgan fingerprint density at radius 1 is 1.00 bits per heavy atom. The molecule has 1 unspecified atom stereocenters. The molecule has 186 valence electrons. The van der Waals surface area contributed by atoms with Crippen molar-refractivity contribution in [1.29, 1.82) is 0 Å². The minimum atomic E-state index is -1.15. The molecule has 1 atom stereocenters. The molecular formula is C28H31N5O3. The first-order valence-electron chi connectivity index (χ1n) is 12.7. The third kappa shape index (κ3) is 3.27. The van der Waals surface area contributed by atoms with E-state index in [4.69, 9.17) is 19.4 Å². The molecule has 8 nitrogen and oxygen atoms in total. The molecule has 3 aliphatic heterocycles. The van der Waals surface area contributed by atoms with Crippen molar-refractivity contribution < 1.29 is 14.3 Å². The van der Waals surface area contributed by atoms with Gasteiger partial charge in [0.2, 0.25) is 11.8 Å². The minimum Gasteiger partial charge on any atom is -0.440 e. The zero-order valence-corrected chi connectivity index (χ0v) is 21.2. The van der Waals surface area contributed by atoms with Crippen LogP contribution in [0.4, 0.5) is 11.6 Å². The Hall–Kier alpha value is -3.65. The molecule has 1 fully saturated rings. The molecule has 6 rings (SSSR count). The van der Waals surface area contributed by atoms with E-state index in [1.807, 2.05) is 43.3 Å². The van der Waals surface area contributed by atoms with Gasteiger partial charge >= 0.3 is 5.97 Å². The number of rotatable bonds is 4. The van der Waals surface area contributed by atoms with E-state index in [1.165, 1.54) is 0 Å². The normalized spacial score (nSPS) is 20.4. The summed E-state index contributed by atoms with van der Waals surface area (Å²) >= 11 is 0. The summed E-state index contributed by atoms with van der Waals surface area (Å²) in [4.78, 5) is 29.8. The summed E-state index contributed by atoms with van der Waals surface area (Å²) in [6.07, 6.45) is 0. The summed E-state index contributed by atoms with van der Waals surface area (Å²) in [6.45, 7) is 11.6. The molecule has 1 aromatic heterocycles. The topological polar surface area (TPSA) is 71.0 Å². The SMILES string of the molecule is CCN(CC)c1ccc2c(c1)Oc1nc(N3CCN(C)CC3)nc(C)c1C21OC(=O)c2ccccc21. The summed E-state index contributed by atoms with van der Waals surface area (Å²) in [5, 5.41) is 0. The molecule has 4 heterocycles. The number of piperazine rings is 1. The number of benzene rings is 2. The number of esters is 1. The average Bonchev–Trinajstić information content (AvgIpc) is 3.17. The molecule has 0 aliphatic carbocycles. The first kappa shape index (κ1) is 22.8. The van der Waals surface area contributed by atoms with Crippen LogP contribution in [0.15, 0.2) is 42.5 Å². The molecule has 1 saturated heterocycles. The van der Waals surface area contributed by atoms with Crippen LogP contribution in [0.3, 0.4) is 0 Å². The Morgan fingerprint density at radius 3 is 2.50 bits per heavy atom. The van der Waals surface area contributed by atoms with Crippen LogP contribution in [0, 0.1) is 6.92 Å². The standard InChI is InChI=1S/C28H31N5O3/c1-5-32(6-2)19-11-12-22-23(17-19)35-25-24(28(22)21-10-8-7-9-20(21)26(34)36-28)18(3)29-27(30-25)33-15-13-31(4)14-16-33/h7-12,17H,5-6,13-16H2,1-4H3. The molecule has 1 spiro atoms. The smallest absolute Gasteiger partial charge is 0.340 e. The second-order valence-corrected chi connectivity index (χ2v) is 9.65. The molecule has 0 saturated carbocycles. The molecule has 0 bridgehead atoms. The highest BCUT2D eigenvalue weighted by Gasteiger charge is 2.55. The average molecular weight is 486 g/mol. The van der Waals surface area contributed by atoms with E-state index in [9.17, 15) is 4.79 Å². The summed E-state index contributed by atoms with van der Waals surface area (Å²) in [7, 11) is 2.12. The van der Waals surface area contributed by atoms with Crippen molar-refractivity contribution in [3.8, 4) is 11.6 Å². The van der Waals surface area contributed by atoms with Gasteiger partial charge in [-0.1, -0.05) is 18.2 Å². The number of fused-ring (bicyclic) bond motifs is 6. The van der Waals surface area contributed by atoms with Crippen LogP contribution in [0.5, 0.6) is 11.6 Å². The predicted molar refractivity (Wildman–Crippen MR) is 138 cm³/mol. The lowest BCUT2D eigenvalue weighted by Crippen LogP contribution is -2.45. The molecule has 8 heteroatoms. The summed E-state index contributed by atoms with van der Waals surface area (Å²) in [6, 6.07) is 13.7. The Balaban J connectivity index is 1.57. The third-order valence-corrected chi connectivity index (χ3v) is 7.63. The number of nitrogens with zero attached hydrogens (tertiary/aromatic N) is 5. The van der Waals surface area contributed by atoms with Crippen molar-refractivity contribution in [1.82, 2.24) is 14.9 Å². The lowest BCUT2D eigenvalue weighted by Gasteiger charge is -2.38. The van der Waals surface area contributed by atoms with Gasteiger partial charge in [0.1, 0.15) is 5.75 Å². The highest BCUT2D eigenvalue weighted by atomic mass is 16.6. The molecule has 0 radical (unpaired) electrons. The third-order valence-electron chi connectivity index (χ3n) is 7.63. The van der Waals surface area contributed by atoms with Gasteiger partial charge < -0.3 is 24.2 Å². The molecule has 36 heavy (non-hydrogen) atoms. The van der Waals surface area contributed by atoms with Crippen LogP contribution >= 0.6 is 0 Å². The van der Waals surface area contributed by atoms with E-state index < -0.39 is 5.60 Å². The number of carbonyl (C=O) groups is 1. The number of hydrogen-bond donors (Lipinski definition) is 0. The van der Waals surface area contributed by atoms with Crippen LogP contribution in [0.2, 0.25) is 0 Å². The van der Waals surface area contributed by atoms with Crippen LogP contribution in [-0.2, 0) is 10.3 Å². The van der Waals surface area contributed by atoms with Gasteiger partial charge in [-0.25, -0.2) is 9.78 Å². The van der Waals surface area contributed by atoms with Crippen molar-refractivity contribution in [2.45, 2.75) is 26.4 Å². The number of aryl methyl sites for hydroxylation is 1. The number of hydrogen-bond acceptors (Lipinski definition) is 8. The summed E-state index contributed by atoms with van der Waals surface area (Å²) < 4.78 is 12.8. The second kappa shape index (κ2) is 8.48. The monoisotopic (exact) mass is 485 g/mol. The van der Waals surface area contributed by atoms with Gasteiger partial charge in [-0.15, -0.1) is 0 Å². The van der Waals surface area contributed by atoms with E-state index in [2.05, 4.69) is 41.7 Å². The maximum Gasteiger partial charge on any atom is 0.340 e. The van der Waals surface area contributed by atoms with E-state index in [1.54, 1.807) is 0 Å². The maximum absolute atomic E-state index is 13.2. The van der Waals surface area contributed by atoms with Crippen molar-refractivity contribution in [2.24, 2.45) is 0 Å². The lowest BCUT2D eigenvalue weighted by atomic mass is 9.78. The van der Waals surface area contributed by atoms with Gasteiger partial charge in [-0.2, -0.15) is 4.98 Å². The van der Waals surface area contributed by atoms with E-state index in [-0.39, 0.29) is 5.97 Å². The van der Waals surface area contributed by atoms with Crippen molar-refractivity contribution in [2.75, 3.05) is 56.1 Å². The minimum absolute atomic E-state index is 0.347. The summed E-state index contributed by atoms with van der Waals surface area (Å²) in [5.41, 5.74) is 3.51. The zero-order chi connectivity index (χ0) is 25.0. The largest absolute Gasteiger partial charge is 0.440 e. The van der Waals surface area contributed by atoms with E-state index in [0.29, 0.717) is 28.7 Å². The number of aromatic nitrogens is 2. The van der Waals surface area contributed by atoms with Crippen molar-refractivity contribution >= 4 is 17.6 Å².